The minimum Gasteiger partial charge on any atom is -0.341 e. The average Bonchev–Trinajstić information content (AvgIpc) is 1.85. The lowest BCUT2D eigenvalue weighted by atomic mass is 10.1. The van der Waals surface area contributed by atoms with Crippen LogP contribution in [0.4, 0.5) is 0 Å². The van der Waals surface area contributed by atoms with Gasteiger partial charge >= 0.3 is 0 Å². The van der Waals surface area contributed by atoms with Gasteiger partial charge in [0.15, 0.2) is 0 Å². The SMILES string of the molecule is CC[C@H](C)C(N)NC(C)=O. The second-order valence-corrected chi connectivity index (χ2v) is 2.61. The summed E-state index contributed by atoms with van der Waals surface area (Å²) in [5.74, 6) is 0.289. The Morgan fingerprint density at radius 3 is 2.50 bits per heavy atom. The number of amides is 1. The maximum Gasteiger partial charge on any atom is 0.218 e. The van der Waals surface area contributed by atoms with Crippen molar-refractivity contribution in [2.24, 2.45) is 11.7 Å². The summed E-state index contributed by atoms with van der Waals surface area (Å²) in [6.07, 6.45) is 0.795. The first-order valence-corrected chi connectivity index (χ1v) is 3.60. The van der Waals surface area contributed by atoms with Crippen LogP contribution in [0.3, 0.4) is 0 Å². The minimum absolute atomic E-state index is 0.0622. The molecule has 0 spiro atoms. The highest BCUT2D eigenvalue weighted by molar-refractivity contribution is 5.73. The molecule has 10 heavy (non-hydrogen) atoms. The third-order valence-corrected chi connectivity index (χ3v) is 1.63. The Kier molecular flexibility index (Phi) is 4.03. The molecular formula is C7H16N2O. The van der Waals surface area contributed by atoms with E-state index in [-0.39, 0.29) is 12.1 Å². The second-order valence-electron chi connectivity index (χ2n) is 2.61. The number of nitrogens with two attached hydrogens (primary N) is 1. The van der Waals surface area contributed by atoms with E-state index in [1.807, 2.05) is 13.8 Å². The molecule has 0 aromatic heterocycles. The Morgan fingerprint density at radius 2 is 2.20 bits per heavy atom. The average molecular weight is 144 g/mol. The van der Waals surface area contributed by atoms with E-state index in [1.54, 1.807) is 0 Å². The zero-order valence-electron chi connectivity index (χ0n) is 6.85. The third-order valence-electron chi connectivity index (χ3n) is 1.63. The minimum atomic E-state index is -0.192. The zero-order valence-corrected chi connectivity index (χ0v) is 6.85. The van der Waals surface area contributed by atoms with Crippen LogP contribution < -0.4 is 11.1 Å². The fourth-order valence-corrected chi connectivity index (χ4v) is 0.631. The maximum absolute atomic E-state index is 10.5. The normalized spacial score (nSPS) is 16.0. The first-order chi connectivity index (χ1) is 4.57. The van der Waals surface area contributed by atoms with Crippen molar-refractivity contribution in [3.63, 3.8) is 0 Å². The molecule has 1 unspecified atom stereocenters. The number of hydrogen-bond acceptors (Lipinski definition) is 2. The predicted octanol–water partition coefficient (Wildman–Crippen LogP) is 0.453. The summed E-state index contributed by atoms with van der Waals surface area (Å²) in [6, 6.07) is 0. The monoisotopic (exact) mass is 144 g/mol. The molecule has 0 heterocycles. The molecule has 1 amide bonds. The molecule has 3 N–H and O–H groups in total. The fraction of sp³-hybridized carbons (Fsp3) is 0.857. The van der Waals surface area contributed by atoms with Gasteiger partial charge in [-0.2, -0.15) is 0 Å². The molecule has 0 aromatic carbocycles. The molecule has 3 nitrogen and oxygen atoms in total. The topological polar surface area (TPSA) is 55.1 Å². The van der Waals surface area contributed by atoms with Crippen LogP contribution in [0.25, 0.3) is 0 Å². The van der Waals surface area contributed by atoms with Gasteiger partial charge in [-0.1, -0.05) is 20.3 Å². The van der Waals surface area contributed by atoms with Crippen molar-refractivity contribution < 1.29 is 4.79 Å². The van der Waals surface area contributed by atoms with Gasteiger partial charge in [0.05, 0.1) is 6.17 Å². The Bertz CT molecular complexity index is 114. The van der Waals surface area contributed by atoms with Crippen LogP contribution in [-0.2, 0) is 4.79 Å². The molecule has 0 bridgehead atoms. The van der Waals surface area contributed by atoms with Crippen molar-refractivity contribution in [3.05, 3.63) is 0 Å². The molecule has 0 saturated heterocycles. The summed E-state index contributed by atoms with van der Waals surface area (Å²) in [5.41, 5.74) is 5.60. The van der Waals surface area contributed by atoms with Crippen LogP contribution in [-0.4, -0.2) is 12.1 Å². The van der Waals surface area contributed by atoms with Crippen LogP contribution >= 0.6 is 0 Å². The summed E-state index contributed by atoms with van der Waals surface area (Å²) in [7, 11) is 0. The summed E-state index contributed by atoms with van der Waals surface area (Å²) in [6.45, 7) is 5.54. The van der Waals surface area contributed by atoms with Gasteiger partial charge in [0, 0.05) is 6.92 Å². The highest BCUT2D eigenvalue weighted by Crippen LogP contribution is 2.01. The highest BCUT2D eigenvalue weighted by atomic mass is 16.1. The molecule has 0 fully saturated rings. The van der Waals surface area contributed by atoms with Gasteiger partial charge in [0.25, 0.3) is 0 Å². The summed E-state index contributed by atoms with van der Waals surface area (Å²) in [5, 5.41) is 2.63. The highest BCUT2D eigenvalue weighted by Gasteiger charge is 2.09. The van der Waals surface area contributed by atoms with E-state index in [9.17, 15) is 4.79 Å². The van der Waals surface area contributed by atoms with Gasteiger partial charge in [0.2, 0.25) is 5.91 Å². The molecule has 0 rings (SSSR count). The Hall–Kier alpha value is -0.570. The second kappa shape index (κ2) is 4.28. The van der Waals surface area contributed by atoms with Crippen molar-refractivity contribution in [3.8, 4) is 0 Å². The van der Waals surface area contributed by atoms with Gasteiger partial charge in [0.1, 0.15) is 0 Å². The molecule has 0 aliphatic heterocycles. The Morgan fingerprint density at radius 1 is 1.70 bits per heavy atom. The first kappa shape index (κ1) is 9.43. The Balaban J connectivity index is 3.61. The molecule has 2 atom stereocenters. The quantitative estimate of drug-likeness (QED) is 0.565. The van der Waals surface area contributed by atoms with Gasteiger partial charge in [-0.3, -0.25) is 4.79 Å². The van der Waals surface area contributed by atoms with E-state index in [4.69, 9.17) is 5.73 Å². The molecule has 3 heteroatoms. The molecule has 0 saturated carbocycles. The van der Waals surface area contributed by atoms with Crippen LogP contribution in [0.2, 0.25) is 0 Å². The number of carbonyl (C=O) groups is 1. The van der Waals surface area contributed by atoms with Crippen molar-refractivity contribution >= 4 is 5.91 Å². The first-order valence-electron chi connectivity index (χ1n) is 3.60. The predicted molar refractivity (Wildman–Crippen MR) is 41.2 cm³/mol. The number of hydrogen-bond donors (Lipinski definition) is 2. The summed E-state index contributed by atoms with van der Waals surface area (Å²) >= 11 is 0. The van der Waals surface area contributed by atoms with Crippen LogP contribution in [0, 0.1) is 5.92 Å². The molecular weight excluding hydrogens is 128 g/mol. The summed E-state index contributed by atoms with van der Waals surface area (Å²) < 4.78 is 0. The van der Waals surface area contributed by atoms with Crippen molar-refractivity contribution in [2.75, 3.05) is 0 Å². The number of carbonyl (C=O) groups excluding carboxylic acids is 1. The molecule has 60 valence electrons. The lowest BCUT2D eigenvalue weighted by Crippen LogP contribution is -2.44. The van der Waals surface area contributed by atoms with Crippen molar-refractivity contribution in [2.45, 2.75) is 33.4 Å². The van der Waals surface area contributed by atoms with Gasteiger partial charge in [-0.15, -0.1) is 0 Å². The lowest BCUT2D eigenvalue weighted by molar-refractivity contribution is -0.119. The van der Waals surface area contributed by atoms with E-state index >= 15 is 0 Å². The van der Waals surface area contributed by atoms with Gasteiger partial charge < -0.3 is 11.1 Å². The maximum atomic E-state index is 10.5. The molecule has 0 aromatic rings. The summed E-state index contributed by atoms with van der Waals surface area (Å²) in [4.78, 5) is 10.5. The fourth-order valence-electron chi connectivity index (χ4n) is 0.631. The molecule has 0 aliphatic rings. The van der Waals surface area contributed by atoms with Crippen LogP contribution in [0.1, 0.15) is 27.2 Å². The van der Waals surface area contributed by atoms with Crippen LogP contribution in [0.5, 0.6) is 0 Å². The van der Waals surface area contributed by atoms with Gasteiger partial charge in [-0.05, 0) is 5.92 Å². The Labute approximate surface area is 62.0 Å². The number of rotatable bonds is 3. The van der Waals surface area contributed by atoms with E-state index < -0.39 is 0 Å². The van der Waals surface area contributed by atoms with Gasteiger partial charge in [-0.25, -0.2) is 0 Å². The van der Waals surface area contributed by atoms with E-state index in [0.717, 1.165) is 6.42 Å². The van der Waals surface area contributed by atoms with Crippen LogP contribution in [0.15, 0.2) is 0 Å². The van der Waals surface area contributed by atoms with E-state index in [1.165, 1.54) is 6.92 Å². The third kappa shape index (κ3) is 3.45. The smallest absolute Gasteiger partial charge is 0.218 e. The largest absolute Gasteiger partial charge is 0.341 e. The number of nitrogens with one attached hydrogen (secondary N) is 1. The van der Waals surface area contributed by atoms with E-state index in [2.05, 4.69) is 5.32 Å². The van der Waals surface area contributed by atoms with E-state index in [0.29, 0.717) is 5.92 Å². The van der Waals surface area contributed by atoms with Crippen molar-refractivity contribution in [1.82, 2.24) is 5.32 Å². The zero-order chi connectivity index (χ0) is 8.15. The molecule has 0 aliphatic carbocycles. The lowest BCUT2D eigenvalue weighted by Gasteiger charge is -2.18. The standard InChI is InChI=1S/C7H16N2O/c1-4-5(2)7(8)9-6(3)10/h5,7H,4,8H2,1-3H3,(H,9,10)/t5-,7?/m0/s1. The van der Waals surface area contributed by atoms with Crippen molar-refractivity contribution in [1.29, 1.82) is 0 Å². The molecule has 0 radical (unpaired) electrons.